The van der Waals surface area contributed by atoms with Gasteiger partial charge in [-0.3, -0.25) is 4.79 Å². The number of hydrogen-bond acceptors (Lipinski definition) is 3. The highest BCUT2D eigenvalue weighted by atomic mass is 16.2. The number of nitrogens with one attached hydrogen (secondary N) is 1. The third-order valence-corrected chi connectivity index (χ3v) is 2.69. The van der Waals surface area contributed by atoms with E-state index in [0.29, 0.717) is 17.1 Å². The highest BCUT2D eigenvalue weighted by Gasteiger charge is 2.20. The minimum atomic E-state index is -0.506. The van der Waals surface area contributed by atoms with Gasteiger partial charge < -0.3 is 11.1 Å². The number of nitrogens with zero attached hydrogens (tertiary/aromatic N) is 1. The Hall–Kier alpha value is -2.82. The minimum absolute atomic E-state index is 0.372. The lowest BCUT2D eigenvalue weighted by molar-refractivity contribution is -0.115. The maximum Gasteiger partial charge on any atom is 0.333 e. The van der Waals surface area contributed by atoms with Crippen LogP contribution >= 0.6 is 0 Å². The lowest BCUT2D eigenvalue weighted by Gasteiger charge is -2.20. The molecule has 0 bridgehead atoms. The third-order valence-electron chi connectivity index (χ3n) is 2.69. The summed E-state index contributed by atoms with van der Waals surface area (Å²) in [6, 6.07) is 15.0. The Morgan fingerprint density at radius 1 is 1.00 bits per heavy atom. The molecule has 0 atom stereocenters. The van der Waals surface area contributed by atoms with E-state index in [1.54, 1.807) is 48.5 Å². The monoisotopic (exact) mass is 269 g/mol. The van der Waals surface area contributed by atoms with Crippen molar-refractivity contribution in [2.45, 2.75) is 6.92 Å². The van der Waals surface area contributed by atoms with Crippen LogP contribution in [0.15, 0.2) is 54.6 Å². The number of nitrogen functional groups attached to an aromatic ring is 1. The first-order valence-corrected chi connectivity index (χ1v) is 6.10. The predicted molar refractivity (Wildman–Crippen MR) is 79.5 cm³/mol. The topological polar surface area (TPSA) is 75.4 Å². The second-order valence-corrected chi connectivity index (χ2v) is 4.24. The number of anilines is 3. The molecule has 0 unspecified atom stereocenters. The molecule has 3 amide bonds. The first-order chi connectivity index (χ1) is 9.58. The number of imide groups is 1. The lowest BCUT2D eigenvalue weighted by atomic mass is 10.2. The molecule has 102 valence electrons. The number of hydrogen-bond donors (Lipinski definition) is 2. The van der Waals surface area contributed by atoms with Crippen LogP contribution in [0.4, 0.5) is 21.9 Å². The second kappa shape index (κ2) is 5.88. The van der Waals surface area contributed by atoms with Gasteiger partial charge in [-0.15, -0.1) is 0 Å². The van der Waals surface area contributed by atoms with Gasteiger partial charge in [0.1, 0.15) is 0 Å². The molecule has 2 rings (SSSR count). The largest absolute Gasteiger partial charge is 0.399 e. The molecule has 0 aliphatic rings. The lowest BCUT2D eigenvalue weighted by Crippen LogP contribution is -2.38. The normalized spacial score (nSPS) is 9.85. The van der Waals surface area contributed by atoms with Crippen LogP contribution in [0.1, 0.15) is 6.92 Å². The third kappa shape index (κ3) is 3.14. The van der Waals surface area contributed by atoms with Crippen molar-refractivity contribution in [2.75, 3.05) is 16.0 Å². The molecule has 0 saturated carbocycles. The van der Waals surface area contributed by atoms with Crippen LogP contribution in [0, 0.1) is 0 Å². The Morgan fingerprint density at radius 2 is 1.60 bits per heavy atom. The summed E-state index contributed by atoms with van der Waals surface area (Å²) in [6.45, 7) is 1.33. The molecule has 0 fully saturated rings. The highest BCUT2D eigenvalue weighted by Crippen LogP contribution is 2.18. The summed E-state index contributed by atoms with van der Waals surface area (Å²) >= 11 is 0. The fourth-order valence-electron chi connectivity index (χ4n) is 1.77. The molecule has 2 aromatic carbocycles. The zero-order valence-electron chi connectivity index (χ0n) is 11.0. The van der Waals surface area contributed by atoms with Crippen LogP contribution in [0.2, 0.25) is 0 Å². The molecule has 20 heavy (non-hydrogen) atoms. The van der Waals surface area contributed by atoms with E-state index in [-0.39, 0.29) is 5.91 Å². The maximum atomic E-state index is 12.2. The summed E-state index contributed by atoms with van der Waals surface area (Å²) in [7, 11) is 0. The van der Waals surface area contributed by atoms with E-state index in [9.17, 15) is 9.59 Å². The average molecular weight is 269 g/mol. The Balaban J connectivity index is 2.23. The van der Waals surface area contributed by atoms with Crippen LogP contribution in [-0.2, 0) is 4.79 Å². The summed E-state index contributed by atoms with van der Waals surface area (Å²) in [5, 5.41) is 2.67. The van der Waals surface area contributed by atoms with Crippen LogP contribution in [-0.4, -0.2) is 11.9 Å². The molecule has 2 aromatic rings. The quantitative estimate of drug-likeness (QED) is 0.823. The van der Waals surface area contributed by atoms with Gasteiger partial charge in [0.25, 0.3) is 0 Å². The van der Waals surface area contributed by atoms with E-state index in [1.807, 2.05) is 6.07 Å². The first-order valence-electron chi connectivity index (χ1n) is 6.10. The molecule has 0 spiro atoms. The molecule has 3 N–H and O–H groups in total. The molecule has 5 heteroatoms. The van der Waals surface area contributed by atoms with Crippen molar-refractivity contribution in [3.63, 3.8) is 0 Å². The predicted octanol–water partition coefficient (Wildman–Crippen LogP) is 2.85. The van der Waals surface area contributed by atoms with Crippen molar-refractivity contribution >= 4 is 29.0 Å². The van der Waals surface area contributed by atoms with E-state index < -0.39 is 6.03 Å². The zero-order chi connectivity index (χ0) is 14.5. The molecule has 5 nitrogen and oxygen atoms in total. The van der Waals surface area contributed by atoms with Gasteiger partial charge in [0.15, 0.2) is 0 Å². The number of carbonyl (C=O) groups is 2. The van der Waals surface area contributed by atoms with Crippen LogP contribution in [0.25, 0.3) is 0 Å². The summed E-state index contributed by atoms with van der Waals surface area (Å²) < 4.78 is 0. The Bertz CT molecular complexity index is 609. The second-order valence-electron chi connectivity index (χ2n) is 4.24. The molecule has 0 saturated heterocycles. The SMILES string of the molecule is CC(=O)N(C(=O)Nc1ccccc1)c1ccc(N)cc1. The van der Waals surface area contributed by atoms with E-state index in [0.717, 1.165) is 4.90 Å². The highest BCUT2D eigenvalue weighted by molar-refractivity contribution is 6.17. The smallest absolute Gasteiger partial charge is 0.333 e. The Morgan fingerprint density at radius 3 is 2.15 bits per heavy atom. The van der Waals surface area contributed by atoms with E-state index >= 15 is 0 Å². The summed E-state index contributed by atoms with van der Waals surface area (Å²) in [6.07, 6.45) is 0. The maximum absolute atomic E-state index is 12.2. The van der Waals surface area contributed by atoms with E-state index in [4.69, 9.17) is 5.73 Å². The number of benzene rings is 2. The van der Waals surface area contributed by atoms with Gasteiger partial charge in [-0.25, -0.2) is 9.69 Å². The molecule has 0 aromatic heterocycles. The zero-order valence-corrected chi connectivity index (χ0v) is 11.0. The van der Waals surface area contributed by atoms with Gasteiger partial charge in [-0.2, -0.15) is 0 Å². The fraction of sp³-hybridized carbons (Fsp3) is 0.0667. The minimum Gasteiger partial charge on any atom is -0.399 e. The average Bonchev–Trinajstić information content (AvgIpc) is 2.42. The number of rotatable bonds is 2. The van der Waals surface area contributed by atoms with Crippen molar-refractivity contribution in [1.82, 2.24) is 0 Å². The first kappa shape index (κ1) is 13.6. The number of para-hydroxylation sites is 1. The molecule has 0 aliphatic carbocycles. The Labute approximate surface area is 117 Å². The molecule has 0 aliphatic heterocycles. The molecule has 0 heterocycles. The van der Waals surface area contributed by atoms with Gasteiger partial charge in [0, 0.05) is 18.3 Å². The van der Waals surface area contributed by atoms with Crippen molar-refractivity contribution in [1.29, 1.82) is 0 Å². The molecular formula is C15H15N3O2. The molecule has 0 radical (unpaired) electrons. The van der Waals surface area contributed by atoms with E-state index in [1.165, 1.54) is 6.92 Å². The fourth-order valence-corrected chi connectivity index (χ4v) is 1.77. The van der Waals surface area contributed by atoms with Crippen molar-refractivity contribution in [3.05, 3.63) is 54.6 Å². The van der Waals surface area contributed by atoms with Gasteiger partial charge in [0.05, 0.1) is 5.69 Å². The number of amides is 3. The van der Waals surface area contributed by atoms with Gasteiger partial charge in [0.2, 0.25) is 5.91 Å². The van der Waals surface area contributed by atoms with Crippen molar-refractivity contribution in [3.8, 4) is 0 Å². The van der Waals surface area contributed by atoms with Gasteiger partial charge in [-0.1, -0.05) is 18.2 Å². The summed E-state index contributed by atoms with van der Waals surface area (Å²) in [4.78, 5) is 25.0. The van der Waals surface area contributed by atoms with Crippen LogP contribution in [0.5, 0.6) is 0 Å². The molecular weight excluding hydrogens is 254 g/mol. The number of carbonyl (C=O) groups excluding carboxylic acids is 2. The standard InChI is InChI=1S/C15H15N3O2/c1-11(19)18(14-9-7-12(16)8-10-14)15(20)17-13-5-3-2-4-6-13/h2-10H,16H2,1H3,(H,17,20). The van der Waals surface area contributed by atoms with Crippen LogP contribution < -0.4 is 16.0 Å². The van der Waals surface area contributed by atoms with Gasteiger partial charge in [-0.05, 0) is 36.4 Å². The van der Waals surface area contributed by atoms with Crippen molar-refractivity contribution in [2.24, 2.45) is 0 Å². The van der Waals surface area contributed by atoms with Crippen molar-refractivity contribution < 1.29 is 9.59 Å². The summed E-state index contributed by atoms with van der Waals surface area (Å²) in [5.41, 5.74) is 7.27. The number of nitrogens with two attached hydrogens (primary N) is 1. The van der Waals surface area contributed by atoms with E-state index in [2.05, 4.69) is 5.32 Å². The number of urea groups is 1. The Kier molecular flexibility index (Phi) is 4.00. The van der Waals surface area contributed by atoms with Gasteiger partial charge >= 0.3 is 6.03 Å². The summed E-state index contributed by atoms with van der Waals surface area (Å²) in [5.74, 6) is -0.372. The van der Waals surface area contributed by atoms with Crippen LogP contribution in [0.3, 0.4) is 0 Å².